The van der Waals surface area contributed by atoms with Crippen LogP contribution in [0.15, 0.2) is 48.5 Å². The molecule has 0 aliphatic carbocycles. The fourth-order valence-corrected chi connectivity index (χ4v) is 2.13. The van der Waals surface area contributed by atoms with Crippen molar-refractivity contribution >= 4 is 12.0 Å². The first-order chi connectivity index (χ1) is 12.2. The van der Waals surface area contributed by atoms with Crippen LogP contribution >= 0.6 is 0 Å². The molecule has 5 heteroatoms. The van der Waals surface area contributed by atoms with Gasteiger partial charge in [0.15, 0.2) is 11.5 Å². The Hall–Kier alpha value is -2.95. The lowest BCUT2D eigenvalue weighted by molar-refractivity contribution is -0.128. The molecule has 0 bridgehead atoms. The average molecular weight is 342 g/mol. The van der Waals surface area contributed by atoms with E-state index in [0.29, 0.717) is 36.2 Å². The van der Waals surface area contributed by atoms with Crippen molar-refractivity contribution < 1.29 is 23.7 Å². The Morgan fingerprint density at radius 2 is 1.56 bits per heavy atom. The van der Waals surface area contributed by atoms with Crippen LogP contribution < -0.4 is 18.9 Å². The van der Waals surface area contributed by atoms with Crippen LogP contribution in [0.25, 0.3) is 6.08 Å². The minimum atomic E-state index is -0.461. The van der Waals surface area contributed by atoms with E-state index in [1.54, 1.807) is 37.5 Å². The summed E-state index contributed by atoms with van der Waals surface area (Å²) in [6.07, 6.45) is 3.04. The zero-order chi connectivity index (χ0) is 18.1. The number of carbonyl (C=O) groups excluding carboxylic acids is 1. The molecule has 0 aromatic heterocycles. The van der Waals surface area contributed by atoms with Gasteiger partial charge in [-0.15, -0.1) is 0 Å². The van der Waals surface area contributed by atoms with Gasteiger partial charge in [0.05, 0.1) is 20.3 Å². The van der Waals surface area contributed by atoms with Crippen LogP contribution in [0.3, 0.4) is 0 Å². The van der Waals surface area contributed by atoms with E-state index in [0.717, 1.165) is 5.56 Å². The quantitative estimate of drug-likeness (QED) is 0.410. The molecule has 0 saturated heterocycles. The largest absolute Gasteiger partial charge is 0.497 e. The molecular formula is C20H22O5. The summed E-state index contributed by atoms with van der Waals surface area (Å²) in [7, 11) is 1.58. The van der Waals surface area contributed by atoms with E-state index in [1.807, 2.05) is 32.0 Å². The fourth-order valence-electron chi connectivity index (χ4n) is 2.13. The molecule has 0 N–H and O–H groups in total. The van der Waals surface area contributed by atoms with Crippen molar-refractivity contribution in [2.75, 3.05) is 20.3 Å². The molecule has 132 valence electrons. The number of hydrogen-bond donors (Lipinski definition) is 0. The second-order valence-corrected chi connectivity index (χ2v) is 5.00. The first-order valence-electron chi connectivity index (χ1n) is 8.09. The van der Waals surface area contributed by atoms with Crippen molar-refractivity contribution in [2.24, 2.45) is 0 Å². The van der Waals surface area contributed by atoms with Crippen LogP contribution in [0.4, 0.5) is 0 Å². The summed E-state index contributed by atoms with van der Waals surface area (Å²) in [5, 5.41) is 0. The number of hydrogen-bond acceptors (Lipinski definition) is 5. The molecule has 0 heterocycles. The van der Waals surface area contributed by atoms with Gasteiger partial charge in [-0.1, -0.05) is 6.07 Å². The maximum atomic E-state index is 11.9. The molecule has 0 aliphatic heterocycles. The monoisotopic (exact) mass is 342 g/mol. The van der Waals surface area contributed by atoms with Crippen molar-refractivity contribution in [3.05, 3.63) is 54.1 Å². The van der Waals surface area contributed by atoms with Crippen LogP contribution in [0.5, 0.6) is 23.0 Å². The van der Waals surface area contributed by atoms with Crippen LogP contribution in [0.1, 0.15) is 19.4 Å². The van der Waals surface area contributed by atoms with Gasteiger partial charge in [0, 0.05) is 6.08 Å². The van der Waals surface area contributed by atoms with Gasteiger partial charge >= 0.3 is 5.97 Å². The number of methoxy groups -OCH3 is 1. The minimum absolute atomic E-state index is 0.456. The molecule has 0 aliphatic rings. The smallest absolute Gasteiger partial charge is 0.336 e. The number of carbonyl (C=O) groups is 1. The number of rotatable bonds is 8. The Balaban J connectivity index is 2.04. The molecule has 0 fully saturated rings. The van der Waals surface area contributed by atoms with E-state index in [4.69, 9.17) is 18.9 Å². The third-order valence-electron chi connectivity index (χ3n) is 3.26. The molecule has 2 aromatic carbocycles. The van der Waals surface area contributed by atoms with E-state index in [9.17, 15) is 4.79 Å². The Morgan fingerprint density at radius 1 is 0.920 bits per heavy atom. The zero-order valence-corrected chi connectivity index (χ0v) is 14.7. The Morgan fingerprint density at radius 3 is 2.20 bits per heavy atom. The molecule has 0 unspecified atom stereocenters. The van der Waals surface area contributed by atoms with Crippen LogP contribution in [0, 0.1) is 0 Å². The average Bonchev–Trinajstić information content (AvgIpc) is 2.63. The Kier molecular flexibility index (Phi) is 6.89. The van der Waals surface area contributed by atoms with E-state index in [-0.39, 0.29) is 0 Å². The van der Waals surface area contributed by atoms with Crippen molar-refractivity contribution in [3.8, 4) is 23.0 Å². The zero-order valence-electron chi connectivity index (χ0n) is 14.7. The van der Waals surface area contributed by atoms with Gasteiger partial charge in [-0.25, -0.2) is 4.79 Å². The first-order valence-corrected chi connectivity index (χ1v) is 8.09. The minimum Gasteiger partial charge on any atom is -0.497 e. The standard InChI is InChI=1S/C20H22O5/c1-4-23-18-12-6-15(14-19(18)24-5-2)7-13-20(21)25-17-10-8-16(22-3)9-11-17/h6-14H,4-5H2,1-3H3/b13-7+. The van der Waals surface area contributed by atoms with Crippen LogP contribution in [-0.4, -0.2) is 26.3 Å². The van der Waals surface area contributed by atoms with Crippen LogP contribution in [0.2, 0.25) is 0 Å². The summed E-state index contributed by atoms with van der Waals surface area (Å²) in [6, 6.07) is 12.3. The molecule has 0 spiro atoms. The summed E-state index contributed by atoms with van der Waals surface area (Å²) in [4.78, 5) is 11.9. The normalized spacial score (nSPS) is 10.5. The lowest BCUT2D eigenvalue weighted by Crippen LogP contribution is -2.03. The number of esters is 1. The molecule has 25 heavy (non-hydrogen) atoms. The summed E-state index contributed by atoms with van der Waals surface area (Å²) < 4.78 is 21.4. The van der Waals surface area contributed by atoms with E-state index < -0.39 is 5.97 Å². The van der Waals surface area contributed by atoms with Crippen molar-refractivity contribution in [1.82, 2.24) is 0 Å². The van der Waals surface area contributed by atoms with Crippen molar-refractivity contribution in [3.63, 3.8) is 0 Å². The third kappa shape index (κ3) is 5.57. The van der Waals surface area contributed by atoms with Gasteiger partial charge in [-0.05, 0) is 61.9 Å². The highest BCUT2D eigenvalue weighted by atomic mass is 16.5. The van der Waals surface area contributed by atoms with Gasteiger partial charge in [-0.2, -0.15) is 0 Å². The molecular weight excluding hydrogens is 320 g/mol. The molecule has 0 saturated carbocycles. The summed E-state index contributed by atoms with van der Waals surface area (Å²) in [5.41, 5.74) is 0.818. The Bertz CT molecular complexity index is 719. The molecule has 0 atom stereocenters. The fraction of sp³-hybridized carbons (Fsp3) is 0.250. The maximum Gasteiger partial charge on any atom is 0.336 e. The first kappa shape index (κ1) is 18.4. The van der Waals surface area contributed by atoms with Gasteiger partial charge in [0.2, 0.25) is 0 Å². The summed E-state index contributed by atoms with van der Waals surface area (Å²) in [5.74, 6) is 2.03. The number of benzene rings is 2. The van der Waals surface area contributed by atoms with Crippen LogP contribution in [-0.2, 0) is 4.79 Å². The molecule has 2 rings (SSSR count). The highest BCUT2D eigenvalue weighted by Crippen LogP contribution is 2.29. The highest BCUT2D eigenvalue weighted by molar-refractivity contribution is 5.88. The summed E-state index contributed by atoms with van der Waals surface area (Å²) >= 11 is 0. The molecule has 2 aromatic rings. The second-order valence-electron chi connectivity index (χ2n) is 5.00. The predicted molar refractivity (Wildman–Crippen MR) is 96.4 cm³/mol. The second kappa shape index (κ2) is 9.37. The lowest BCUT2D eigenvalue weighted by Gasteiger charge is -2.11. The predicted octanol–water partition coefficient (Wildman–Crippen LogP) is 4.11. The summed E-state index contributed by atoms with van der Waals surface area (Å²) in [6.45, 7) is 4.92. The number of ether oxygens (including phenoxy) is 4. The van der Waals surface area contributed by atoms with Gasteiger partial charge < -0.3 is 18.9 Å². The highest BCUT2D eigenvalue weighted by Gasteiger charge is 2.06. The Labute approximate surface area is 147 Å². The molecule has 5 nitrogen and oxygen atoms in total. The van der Waals surface area contributed by atoms with E-state index >= 15 is 0 Å². The van der Waals surface area contributed by atoms with Gasteiger partial charge in [0.25, 0.3) is 0 Å². The SMILES string of the molecule is CCOc1ccc(/C=C/C(=O)Oc2ccc(OC)cc2)cc1OCC. The maximum absolute atomic E-state index is 11.9. The lowest BCUT2D eigenvalue weighted by atomic mass is 10.2. The van der Waals surface area contributed by atoms with Crippen molar-refractivity contribution in [1.29, 1.82) is 0 Å². The molecule has 0 radical (unpaired) electrons. The van der Waals surface area contributed by atoms with Gasteiger partial charge in [0.1, 0.15) is 11.5 Å². The third-order valence-corrected chi connectivity index (χ3v) is 3.26. The van der Waals surface area contributed by atoms with E-state index in [1.165, 1.54) is 6.08 Å². The van der Waals surface area contributed by atoms with E-state index in [2.05, 4.69) is 0 Å². The van der Waals surface area contributed by atoms with Gasteiger partial charge in [-0.3, -0.25) is 0 Å². The topological polar surface area (TPSA) is 54.0 Å². The van der Waals surface area contributed by atoms with Crippen molar-refractivity contribution in [2.45, 2.75) is 13.8 Å². The molecule has 0 amide bonds.